The predicted octanol–water partition coefficient (Wildman–Crippen LogP) is 1.99. The van der Waals surface area contributed by atoms with Gasteiger partial charge >= 0.3 is 0 Å². The van der Waals surface area contributed by atoms with Crippen molar-refractivity contribution in [2.24, 2.45) is 0 Å². The molecule has 0 spiro atoms. The van der Waals surface area contributed by atoms with Crippen molar-refractivity contribution in [1.82, 2.24) is 4.67 Å². The number of hydrogen-bond donors (Lipinski definition) is 0. The highest BCUT2D eigenvalue weighted by Gasteiger charge is 2.34. The molecule has 0 aromatic heterocycles. The minimum atomic E-state index is -0.902. The third-order valence-corrected chi connectivity index (χ3v) is 3.96. The molecular weight excluding hydrogens is 185 g/mol. The lowest BCUT2D eigenvalue weighted by Crippen LogP contribution is -2.18. The summed E-state index contributed by atoms with van der Waals surface area (Å²) in [5, 5.41) is 0. The van der Waals surface area contributed by atoms with Gasteiger partial charge in [-0.15, -0.1) is 6.42 Å². The topological polar surface area (TPSA) is 21.7 Å². The Kier molecular flexibility index (Phi) is 4.15. The summed E-state index contributed by atoms with van der Waals surface area (Å²) in [6.07, 6.45) is 5.61. The molecule has 1 aliphatic rings. The molecule has 3 nitrogen and oxygen atoms in total. The van der Waals surface area contributed by atoms with Crippen LogP contribution in [0.3, 0.4) is 0 Å². The summed E-state index contributed by atoms with van der Waals surface area (Å²) >= 11 is 0. The average molecular weight is 201 g/mol. The average Bonchev–Trinajstić information content (AvgIpc) is 2.43. The fourth-order valence-corrected chi connectivity index (χ4v) is 2.66. The quantitative estimate of drug-likeness (QED) is 0.515. The molecule has 0 saturated carbocycles. The Labute approximate surface area is 81.4 Å². The Morgan fingerprint density at radius 2 is 1.92 bits per heavy atom. The first kappa shape index (κ1) is 10.9. The van der Waals surface area contributed by atoms with E-state index in [1.807, 2.05) is 13.8 Å². The molecule has 0 bridgehead atoms. The van der Waals surface area contributed by atoms with E-state index in [2.05, 4.69) is 17.5 Å². The monoisotopic (exact) mass is 201 g/mol. The smallest absolute Gasteiger partial charge is 0.260 e. The third kappa shape index (κ3) is 2.65. The lowest BCUT2D eigenvalue weighted by Gasteiger charge is -2.21. The summed E-state index contributed by atoms with van der Waals surface area (Å²) in [6.45, 7) is 7.57. The van der Waals surface area contributed by atoms with Gasteiger partial charge < -0.3 is 9.05 Å². The van der Waals surface area contributed by atoms with E-state index in [4.69, 9.17) is 15.5 Å². The molecule has 4 heteroatoms. The number of terminal acetylenes is 1. The standard InChI is InChI=1S/C9H16NO2P/c1-5-7-10(6-2)13-11-8(3)9(4)12-13/h1,8-9H,6-7H2,2-4H3. The molecule has 0 N–H and O–H groups in total. The highest BCUT2D eigenvalue weighted by molar-refractivity contribution is 7.44. The molecule has 0 radical (unpaired) electrons. The van der Waals surface area contributed by atoms with Gasteiger partial charge in [-0.05, 0) is 13.8 Å². The summed E-state index contributed by atoms with van der Waals surface area (Å²) in [5.74, 6) is 2.61. The molecule has 1 fully saturated rings. The second-order valence-electron chi connectivity index (χ2n) is 3.04. The first-order valence-corrected chi connectivity index (χ1v) is 5.64. The summed E-state index contributed by atoms with van der Waals surface area (Å²) in [4.78, 5) is 0. The zero-order chi connectivity index (χ0) is 9.84. The van der Waals surface area contributed by atoms with Crippen LogP contribution in [-0.2, 0) is 9.05 Å². The van der Waals surface area contributed by atoms with Gasteiger partial charge in [0.25, 0.3) is 8.53 Å². The van der Waals surface area contributed by atoms with Gasteiger partial charge in [-0.1, -0.05) is 12.8 Å². The summed E-state index contributed by atoms with van der Waals surface area (Å²) in [6, 6.07) is 0. The maximum atomic E-state index is 5.65. The van der Waals surface area contributed by atoms with E-state index >= 15 is 0 Å². The van der Waals surface area contributed by atoms with Crippen LogP contribution in [0, 0.1) is 12.3 Å². The Hall–Kier alpha value is -0.130. The molecule has 0 amide bonds. The van der Waals surface area contributed by atoms with E-state index in [1.165, 1.54) is 0 Å². The van der Waals surface area contributed by atoms with Crippen LogP contribution < -0.4 is 0 Å². The Bertz CT molecular complexity index is 194. The van der Waals surface area contributed by atoms with E-state index in [1.54, 1.807) is 0 Å². The van der Waals surface area contributed by atoms with Gasteiger partial charge in [-0.3, -0.25) is 0 Å². The molecule has 1 heterocycles. The number of nitrogens with zero attached hydrogens (tertiary/aromatic N) is 1. The van der Waals surface area contributed by atoms with Crippen LogP contribution in [0.4, 0.5) is 0 Å². The van der Waals surface area contributed by atoms with Crippen molar-refractivity contribution in [1.29, 1.82) is 0 Å². The van der Waals surface area contributed by atoms with Crippen molar-refractivity contribution in [2.75, 3.05) is 13.1 Å². The summed E-state index contributed by atoms with van der Waals surface area (Å²) in [5.41, 5.74) is 0. The van der Waals surface area contributed by atoms with E-state index in [9.17, 15) is 0 Å². The van der Waals surface area contributed by atoms with Crippen LogP contribution in [0.1, 0.15) is 20.8 Å². The van der Waals surface area contributed by atoms with Crippen LogP contribution in [0.5, 0.6) is 0 Å². The maximum absolute atomic E-state index is 5.65. The lowest BCUT2D eigenvalue weighted by molar-refractivity contribution is 0.187. The Morgan fingerprint density at radius 1 is 1.38 bits per heavy atom. The SMILES string of the molecule is C#CCN(CC)P1OC(C)C(C)O1. The van der Waals surface area contributed by atoms with Crippen molar-refractivity contribution < 1.29 is 9.05 Å². The van der Waals surface area contributed by atoms with E-state index in [-0.39, 0.29) is 12.2 Å². The molecule has 0 aliphatic carbocycles. The van der Waals surface area contributed by atoms with Gasteiger partial charge in [0.15, 0.2) is 0 Å². The molecule has 1 aliphatic heterocycles. The van der Waals surface area contributed by atoms with E-state index in [0.29, 0.717) is 6.54 Å². The van der Waals surface area contributed by atoms with Gasteiger partial charge in [0.2, 0.25) is 0 Å². The zero-order valence-electron chi connectivity index (χ0n) is 8.36. The highest BCUT2D eigenvalue weighted by Crippen LogP contribution is 2.50. The minimum absolute atomic E-state index is 0.179. The van der Waals surface area contributed by atoms with Crippen molar-refractivity contribution in [3.8, 4) is 12.3 Å². The van der Waals surface area contributed by atoms with Crippen LogP contribution in [0.25, 0.3) is 0 Å². The third-order valence-electron chi connectivity index (χ3n) is 2.04. The molecular formula is C9H16NO2P. The number of rotatable bonds is 3. The van der Waals surface area contributed by atoms with Crippen LogP contribution >= 0.6 is 8.53 Å². The summed E-state index contributed by atoms with van der Waals surface area (Å²) in [7, 11) is -0.902. The normalized spacial score (nSPS) is 33.6. The molecule has 2 atom stereocenters. The second-order valence-corrected chi connectivity index (χ2v) is 4.51. The van der Waals surface area contributed by atoms with Gasteiger partial charge in [-0.25, -0.2) is 4.67 Å². The Balaban J connectivity index is 2.48. The molecule has 13 heavy (non-hydrogen) atoms. The van der Waals surface area contributed by atoms with Crippen molar-refractivity contribution in [2.45, 2.75) is 33.0 Å². The largest absolute Gasteiger partial charge is 0.316 e. The fraction of sp³-hybridized carbons (Fsp3) is 0.778. The molecule has 1 saturated heterocycles. The first-order chi connectivity index (χ1) is 6.19. The fourth-order valence-electron chi connectivity index (χ4n) is 1.00. The highest BCUT2D eigenvalue weighted by atomic mass is 31.2. The van der Waals surface area contributed by atoms with Crippen molar-refractivity contribution >= 4 is 8.53 Å². The maximum Gasteiger partial charge on any atom is 0.260 e. The van der Waals surface area contributed by atoms with Crippen LogP contribution in [0.15, 0.2) is 0 Å². The van der Waals surface area contributed by atoms with Gasteiger partial charge in [0.1, 0.15) is 0 Å². The second kappa shape index (κ2) is 4.93. The van der Waals surface area contributed by atoms with Gasteiger partial charge in [0, 0.05) is 6.54 Å². The van der Waals surface area contributed by atoms with Gasteiger partial charge in [0.05, 0.1) is 18.8 Å². The van der Waals surface area contributed by atoms with Crippen molar-refractivity contribution in [3.05, 3.63) is 0 Å². The molecule has 74 valence electrons. The number of hydrogen-bond acceptors (Lipinski definition) is 3. The molecule has 0 aromatic carbocycles. The zero-order valence-corrected chi connectivity index (χ0v) is 9.25. The van der Waals surface area contributed by atoms with Crippen LogP contribution in [0.2, 0.25) is 0 Å². The van der Waals surface area contributed by atoms with E-state index < -0.39 is 8.53 Å². The summed E-state index contributed by atoms with van der Waals surface area (Å²) < 4.78 is 13.4. The lowest BCUT2D eigenvalue weighted by atomic mass is 10.3. The molecule has 1 rings (SSSR count). The van der Waals surface area contributed by atoms with Crippen molar-refractivity contribution in [3.63, 3.8) is 0 Å². The predicted molar refractivity (Wildman–Crippen MR) is 54.1 cm³/mol. The van der Waals surface area contributed by atoms with Crippen LogP contribution in [-0.4, -0.2) is 30.0 Å². The Morgan fingerprint density at radius 3 is 2.31 bits per heavy atom. The van der Waals surface area contributed by atoms with E-state index in [0.717, 1.165) is 6.54 Å². The molecule has 0 aromatic rings. The first-order valence-electron chi connectivity index (χ1n) is 4.51. The van der Waals surface area contributed by atoms with Gasteiger partial charge in [-0.2, -0.15) is 0 Å². The minimum Gasteiger partial charge on any atom is -0.316 e. The molecule has 2 unspecified atom stereocenters.